The monoisotopic (exact) mass is 259 g/mol. The third kappa shape index (κ3) is 7.37. The number of hydrogen-bond acceptors (Lipinski definition) is 1. The summed E-state index contributed by atoms with van der Waals surface area (Å²) in [5.41, 5.74) is 5.90. The Hall–Kier alpha value is 0.292. The van der Waals surface area contributed by atoms with Crippen LogP contribution in [-0.2, 0) is 15.2 Å². The van der Waals surface area contributed by atoms with Crippen molar-refractivity contribution in [3.63, 3.8) is 0 Å². The van der Waals surface area contributed by atoms with Crippen molar-refractivity contribution in [1.82, 2.24) is 0 Å². The molecule has 0 amide bonds. The zero-order chi connectivity index (χ0) is 8.32. The summed E-state index contributed by atoms with van der Waals surface area (Å²) < 4.78 is 1.33. The average molecular weight is 260 g/mol. The van der Waals surface area contributed by atoms with Crippen LogP contribution in [0.25, 0.3) is 0 Å². The molecular formula is C9H15Cl2CrN. The van der Waals surface area contributed by atoms with E-state index in [2.05, 4.69) is 38.1 Å². The van der Waals surface area contributed by atoms with Crippen molar-refractivity contribution < 1.29 is 15.2 Å². The van der Waals surface area contributed by atoms with E-state index in [9.17, 15) is 0 Å². The number of rotatable bonds is 2. The van der Waals surface area contributed by atoms with Crippen LogP contribution in [0.4, 0.5) is 0 Å². The second kappa shape index (κ2) is 6.70. The van der Waals surface area contributed by atoms with Crippen LogP contribution in [0.2, 0.25) is 0 Å². The molecule has 0 spiro atoms. The standard InChI is InChI=1S/C6H5.C3H8N.2ClH.Cr/c1-2-4-6-5-3-1;1-3(2)4;;;/h1-5H;4H2,1-2H3;2*1H;. The van der Waals surface area contributed by atoms with Gasteiger partial charge in [-0.15, -0.1) is 24.8 Å². The van der Waals surface area contributed by atoms with E-state index < -0.39 is 0 Å². The van der Waals surface area contributed by atoms with Gasteiger partial charge in [-0.25, -0.2) is 0 Å². The Bertz CT molecular complexity index is 221. The van der Waals surface area contributed by atoms with Gasteiger partial charge in [-0.1, -0.05) is 0 Å². The molecule has 0 unspecified atom stereocenters. The molecule has 0 aliphatic carbocycles. The van der Waals surface area contributed by atoms with Crippen molar-refractivity contribution in [2.75, 3.05) is 0 Å². The smallest absolute Gasteiger partial charge is 0.147 e. The molecule has 0 saturated carbocycles. The maximum atomic E-state index is 5.90. The molecule has 13 heavy (non-hydrogen) atoms. The second-order valence-corrected chi connectivity index (χ2v) is 5.72. The SMILES string of the molecule is C[C](C)(N)[Cr][c]1ccccc1.Cl.Cl. The number of halogens is 2. The number of hydrogen-bond donors (Lipinski definition) is 1. The minimum absolute atomic E-state index is 0. The number of nitrogens with two attached hydrogens (primary N) is 1. The Balaban J connectivity index is 0. The first kappa shape index (κ1) is 15.8. The topological polar surface area (TPSA) is 26.0 Å². The van der Waals surface area contributed by atoms with Crippen molar-refractivity contribution in [2.24, 2.45) is 5.73 Å². The molecule has 0 atom stereocenters. The van der Waals surface area contributed by atoms with Crippen LogP contribution in [0.1, 0.15) is 13.8 Å². The summed E-state index contributed by atoms with van der Waals surface area (Å²) in [5.74, 6) is 0. The minimum Gasteiger partial charge on any atom is -0.147 e. The van der Waals surface area contributed by atoms with E-state index >= 15 is 0 Å². The largest absolute Gasteiger partial charge is 0.147 e. The van der Waals surface area contributed by atoms with Crippen LogP contribution in [0, 0.1) is 0 Å². The summed E-state index contributed by atoms with van der Waals surface area (Å²) in [6.07, 6.45) is 0. The molecular weight excluding hydrogens is 245 g/mol. The van der Waals surface area contributed by atoms with Crippen LogP contribution < -0.4 is 10.2 Å². The Labute approximate surface area is 98.6 Å². The Morgan fingerprint density at radius 3 is 1.92 bits per heavy atom. The van der Waals surface area contributed by atoms with Gasteiger partial charge in [0.2, 0.25) is 0 Å². The van der Waals surface area contributed by atoms with E-state index in [1.807, 2.05) is 6.07 Å². The van der Waals surface area contributed by atoms with E-state index in [-0.39, 0.29) is 29.2 Å². The van der Waals surface area contributed by atoms with Gasteiger partial charge in [0.1, 0.15) is 0 Å². The van der Waals surface area contributed by atoms with Gasteiger partial charge in [-0.05, 0) is 0 Å². The fourth-order valence-corrected chi connectivity index (χ4v) is 2.20. The molecule has 0 saturated heterocycles. The first-order valence-electron chi connectivity index (χ1n) is 3.61. The van der Waals surface area contributed by atoms with E-state index in [4.69, 9.17) is 5.73 Å². The van der Waals surface area contributed by atoms with Crippen LogP contribution in [0.3, 0.4) is 0 Å². The molecule has 1 rings (SSSR count). The molecule has 0 aliphatic heterocycles. The molecule has 4 heteroatoms. The van der Waals surface area contributed by atoms with Gasteiger partial charge < -0.3 is 0 Å². The van der Waals surface area contributed by atoms with Crippen molar-refractivity contribution in [3.8, 4) is 0 Å². The molecule has 76 valence electrons. The molecule has 0 heterocycles. The summed E-state index contributed by atoms with van der Waals surface area (Å²) in [6.45, 7) is 4.14. The Kier molecular flexibility index (Phi) is 8.12. The van der Waals surface area contributed by atoms with E-state index in [1.54, 1.807) is 0 Å². The first-order valence-corrected chi connectivity index (χ1v) is 4.88. The molecule has 0 fully saturated rings. The van der Waals surface area contributed by atoms with E-state index in [1.165, 1.54) is 4.43 Å². The maximum absolute atomic E-state index is 5.90. The molecule has 0 radical (unpaired) electrons. The van der Waals surface area contributed by atoms with Crippen molar-refractivity contribution in [1.29, 1.82) is 0 Å². The quantitative estimate of drug-likeness (QED) is 0.864. The van der Waals surface area contributed by atoms with Gasteiger partial charge in [-0.3, -0.25) is 0 Å². The zero-order valence-electron chi connectivity index (χ0n) is 7.69. The fourth-order valence-electron chi connectivity index (χ4n) is 0.792. The van der Waals surface area contributed by atoms with E-state index in [0.29, 0.717) is 15.2 Å². The number of benzene rings is 1. The van der Waals surface area contributed by atoms with Crippen molar-refractivity contribution >= 4 is 29.2 Å². The van der Waals surface area contributed by atoms with Crippen molar-refractivity contribution in [2.45, 2.75) is 18.2 Å². The molecule has 1 nitrogen and oxygen atoms in total. The predicted molar refractivity (Wildman–Crippen MR) is 58.8 cm³/mol. The fraction of sp³-hybridized carbons (Fsp3) is 0.333. The minimum atomic E-state index is -0.0334. The molecule has 0 aliphatic rings. The van der Waals surface area contributed by atoms with Gasteiger partial charge in [0.05, 0.1) is 0 Å². The van der Waals surface area contributed by atoms with Crippen LogP contribution in [-0.4, -0.2) is 4.40 Å². The second-order valence-electron chi connectivity index (χ2n) is 3.02. The Morgan fingerprint density at radius 1 is 1.08 bits per heavy atom. The van der Waals surface area contributed by atoms with Gasteiger partial charge in [0, 0.05) is 0 Å². The average Bonchev–Trinajstić information content (AvgIpc) is 1.85. The zero-order valence-corrected chi connectivity index (χ0v) is 10.6. The molecule has 0 bridgehead atoms. The first-order chi connectivity index (χ1) is 5.08. The van der Waals surface area contributed by atoms with E-state index in [0.717, 1.165) is 0 Å². The predicted octanol–water partition coefficient (Wildman–Crippen LogP) is 1.93. The molecule has 1 aromatic rings. The summed E-state index contributed by atoms with van der Waals surface area (Å²) in [5, 5.41) is 0. The summed E-state index contributed by atoms with van der Waals surface area (Å²) in [7, 11) is 0. The molecule has 2 N–H and O–H groups in total. The van der Waals surface area contributed by atoms with Crippen molar-refractivity contribution in [3.05, 3.63) is 30.3 Å². The molecule has 1 aromatic carbocycles. The third-order valence-electron chi connectivity index (χ3n) is 1.12. The summed E-state index contributed by atoms with van der Waals surface area (Å²) in [6, 6.07) is 10.4. The van der Waals surface area contributed by atoms with Gasteiger partial charge in [0.25, 0.3) is 0 Å². The summed E-state index contributed by atoms with van der Waals surface area (Å²) >= 11 is 0.383. The normalized spacial score (nSPS) is 9.77. The van der Waals surface area contributed by atoms with Gasteiger partial charge >= 0.3 is 74.0 Å². The van der Waals surface area contributed by atoms with Crippen LogP contribution >= 0.6 is 24.8 Å². The summed E-state index contributed by atoms with van der Waals surface area (Å²) in [4.78, 5) is 0. The molecule has 0 aromatic heterocycles. The van der Waals surface area contributed by atoms with Crippen LogP contribution in [0.5, 0.6) is 0 Å². The Morgan fingerprint density at radius 2 is 1.54 bits per heavy atom. The van der Waals surface area contributed by atoms with Gasteiger partial charge in [0.15, 0.2) is 0 Å². The third-order valence-corrected chi connectivity index (χ3v) is 2.74. The van der Waals surface area contributed by atoms with Crippen LogP contribution in [0.15, 0.2) is 30.3 Å². The maximum Gasteiger partial charge on any atom is -0.147 e. The van der Waals surface area contributed by atoms with Gasteiger partial charge in [-0.2, -0.15) is 0 Å².